The summed E-state index contributed by atoms with van der Waals surface area (Å²) in [5, 5.41) is 1.34. The van der Waals surface area contributed by atoms with Gasteiger partial charge in [0.25, 0.3) is 0 Å². The van der Waals surface area contributed by atoms with E-state index < -0.39 is 0 Å². The minimum absolute atomic E-state index is 0. The normalized spacial score (nSPS) is 14.2. The van der Waals surface area contributed by atoms with E-state index in [1.807, 2.05) is 18.2 Å². The summed E-state index contributed by atoms with van der Waals surface area (Å²) in [6.07, 6.45) is 2.56. The first-order valence-electron chi connectivity index (χ1n) is 8.30. The largest absolute Gasteiger partial charge is 0.322 e. The zero-order valence-electron chi connectivity index (χ0n) is 14.2. The Morgan fingerprint density at radius 3 is 2.23 bits per heavy atom. The fourth-order valence-corrected chi connectivity index (χ4v) is 4.02. The summed E-state index contributed by atoms with van der Waals surface area (Å²) in [6.45, 7) is 3.94. The van der Waals surface area contributed by atoms with Crippen molar-refractivity contribution in [1.29, 1.82) is 0 Å². The molecule has 2 aromatic carbocycles. The molecular formula is C19H21Cl4N3. The van der Waals surface area contributed by atoms with Crippen LogP contribution in [0.3, 0.4) is 0 Å². The van der Waals surface area contributed by atoms with Crippen LogP contribution in [0.1, 0.15) is 24.2 Å². The summed E-state index contributed by atoms with van der Waals surface area (Å²) in [4.78, 5) is 7.35. The SMILES string of the molecule is Cl.Cl.Clc1cc(Cl)cc(Cn2c(CN3CCCC3)nc3ccccc32)c1. The maximum atomic E-state index is 6.17. The fourth-order valence-electron chi connectivity index (χ4n) is 3.45. The van der Waals surface area contributed by atoms with Gasteiger partial charge in [-0.25, -0.2) is 4.98 Å². The van der Waals surface area contributed by atoms with Gasteiger partial charge in [0, 0.05) is 16.6 Å². The molecule has 1 fully saturated rings. The molecule has 0 atom stereocenters. The van der Waals surface area contributed by atoms with Crippen LogP contribution in [0.25, 0.3) is 11.0 Å². The van der Waals surface area contributed by atoms with Crippen molar-refractivity contribution in [2.75, 3.05) is 13.1 Å². The second-order valence-corrected chi connectivity index (χ2v) is 7.24. The van der Waals surface area contributed by atoms with Gasteiger partial charge in [-0.1, -0.05) is 35.3 Å². The van der Waals surface area contributed by atoms with Crippen LogP contribution < -0.4 is 0 Å². The number of rotatable bonds is 4. The highest BCUT2D eigenvalue weighted by atomic mass is 35.5. The first kappa shape index (κ1) is 21.3. The summed E-state index contributed by atoms with van der Waals surface area (Å²) >= 11 is 12.3. The first-order chi connectivity index (χ1) is 11.7. The van der Waals surface area contributed by atoms with E-state index in [0.29, 0.717) is 10.0 Å². The van der Waals surface area contributed by atoms with Crippen molar-refractivity contribution in [3.8, 4) is 0 Å². The van der Waals surface area contributed by atoms with Gasteiger partial charge in [0.05, 0.1) is 17.6 Å². The van der Waals surface area contributed by atoms with Crippen LogP contribution in [0.5, 0.6) is 0 Å². The Balaban J connectivity index is 0.00000121. The quantitative estimate of drug-likeness (QED) is 0.516. The Morgan fingerprint density at radius 2 is 1.54 bits per heavy atom. The second kappa shape index (κ2) is 9.29. The van der Waals surface area contributed by atoms with Crippen molar-refractivity contribution in [1.82, 2.24) is 14.5 Å². The second-order valence-electron chi connectivity index (χ2n) is 6.36. The maximum absolute atomic E-state index is 6.17. The van der Waals surface area contributed by atoms with Crippen LogP contribution >= 0.6 is 48.0 Å². The third-order valence-electron chi connectivity index (χ3n) is 4.56. The van der Waals surface area contributed by atoms with Crippen LogP contribution in [0, 0.1) is 0 Å². The number of hydrogen-bond donors (Lipinski definition) is 0. The monoisotopic (exact) mass is 431 g/mol. The molecular weight excluding hydrogens is 412 g/mol. The predicted molar refractivity (Wildman–Crippen MR) is 114 cm³/mol. The molecule has 0 spiro atoms. The molecule has 0 N–H and O–H groups in total. The molecule has 0 bridgehead atoms. The molecule has 1 aromatic heterocycles. The molecule has 0 saturated carbocycles. The van der Waals surface area contributed by atoms with E-state index in [9.17, 15) is 0 Å². The molecule has 1 saturated heterocycles. The number of hydrogen-bond acceptors (Lipinski definition) is 2. The lowest BCUT2D eigenvalue weighted by atomic mass is 10.2. The molecule has 1 aliphatic rings. The summed E-state index contributed by atoms with van der Waals surface area (Å²) in [6, 6.07) is 14.0. The van der Waals surface area contributed by atoms with Gasteiger partial charge in [-0.3, -0.25) is 4.90 Å². The van der Waals surface area contributed by atoms with Crippen LogP contribution in [0.4, 0.5) is 0 Å². The number of para-hydroxylation sites is 2. The average molecular weight is 433 g/mol. The van der Waals surface area contributed by atoms with Crippen LogP contribution in [-0.2, 0) is 13.1 Å². The number of imidazole rings is 1. The van der Waals surface area contributed by atoms with E-state index in [0.717, 1.165) is 48.6 Å². The number of benzene rings is 2. The van der Waals surface area contributed by atoms with Crippen molar-refractivity contribution in [3.05, 3.63) is 63.9 Å². The highest BCUT2D eigenvalue weighted by Gasteiger charge is 2.17. The van der Waals surface area contributed by atoms with Crippen molar-refractivity contribution in [2.45, 2.75) is 25.9 Å². The van der Waals surface area contributed by atoms with Gasteiger partial charge in [-0.15, -0.1) is 24.8 Å². The summed E-state index contributed by atoms with van der Waals surface area (Å²) in [5.41, 5.74) is 3.29. The molecule has 3 nitrogen and oxygen atoms in total. The van der Waals surface area contributed by atoms with E-state index >= 15 is 0 Å². The van der Waals surface area contributed by atoms with Gasteiger partial charge < -0.3 is 4.57 Å². The van der Waals surface area contributed by atoms with Gasteiger partial charge in [0.1, 0.15) is 5.82 Å². The number of aromatic nitrogens is 2. The molecule has 4 rings (SSSR count). The molecule has 26 heavy (non-hydrogen) atoms. The van der Waals surface area contributed by atoms with Crippen LogP contribution in [-0.4, -0.2) is 27.5 Å². The van der Waals surface area contributed by atoms with Crippen molar-refractivity contribution in [3.63, 3.8) is 0 Å². The smallest absolute Gasteiger partial charge is 0.124 e. The zero-order chi connectivity index (χ0) is 16.5. The van der Waals surface area contributed by atoms with Crippen molar-refractivity contribution in [2.24, 2.45) is 0 Å². The molecule has 0 unspecified atom stereocenters. The third-order valence-corrected chi connectivity index (χ3v) is 5.00. The minimum atomic E-state index is 0. The summed E-state index contributed by atoms with van der Waals surface area (Å²) in [7, 11) is 0. The molecule has 7 heteroatoms. The van der Waals surface area contributed by atoms with Crippen molar-refractivity contribution >= 4 is 59.0 Å². The van der Waals surface area contributed by atoms with Crippen molar-refractivity contribution < 1.29 is 0 Å². The Labute approximate surface area is 176 Å². The summed E-state index contributed by atoms with van der Waals surface area (Å²) in [5.74, 6) is 1.11. The van der Waals surface area contributed by atoms with Gasteiger partial charge in [-0.05, 0) is 61.8 Å². The molecule has 0 amide bonds. The molecule has 140 valence electrons. The zero-order valence-corrected chi connectivity index (χ0v) is 17.3. The third kappa shape index (κ3) is 4.65. The molecule has 1 aliphatic heterocycles. The summed E-state index contributed by atoms with van der Waals surface area (Å²) < 4.78 is 2.29. The van der Waals surface area contributed by atoms with E-state index in [1.165, 1.54) is 12.8 Å². The van der Waals surface area contributed by atoms with E-state index in [4.69, 9.17) is 28.2 Å². The predicted octanol–water partition coefficient (Wildman–Crippen LogP) is 5.83. The average Bonchev–Trinajstić information content (AvgIpc) is 3.16. The van der Waals surface area contributed by atoms with Gasteiger partial charge >= 0.3 is 0 Å². The van der Waals surface area contributed by atoms with E-state index in [-0.39, 0.29) is 24.8 Å². The lowest BCUT2D eigenvalue weighted by Crippen LogP contribution is -2.21. The highest BCUT2D eigenvalue weighted by Crippen LogP contribution is 2.24. The van der Waals surface area contributed by atoms with Crippen LogP contribution in [0.15, 0.2) is 42.5 Å². The van der Waals surface area contributed by atoms with E-state index in [2.05, 4.69) is 27.7 Å². The minimum Gasteiger partial charge on any atom is -0.322 e. The Bertz CT molecular complexity index is 852. The Morgan fingerprint density at radius 1 is 0.885 bits per heavy atom. The van der Waals surface area contributed by atoms with E-state index in [1.54, 1.807) is 6.07 Å². The number of halogens is 4. The molecule has 0 aliphatic carbocycles. The topological polar surface area (TPSA) is 21.1 Å². The lowest BCUT2D eigenvalue weighted by molar-refractivity contribution is 0.318. The standard InChI is InChI=1S/C19H19Cl2N3.2ClH/c20-15-9-14(10-16(21)11-15)12-24-18-6-2-1-5-17(18)22-19(24)13-23-7-3-4-8-23;;/h1-2,5-6,9-11H,3-4,7-8,12-13H2;2*1H. The number of likely N-dealkylation sites (tertiary alicyclic amines) is 1. The number of nitrogens with zero attached hydrogens (tertiary/aromatic N) is 3. The van der Waals surface area contributed by atoms with Gasteiger partial charge in [-0.2, -0.15) is 0 Å². The first-order valence-corrected chi connectivity index (χ1v) is 9.06. The molecule has 0 radical (unpaired) electrons. The van der Waals surface area contributed by atoms with Crippen LogP contribution in [0.2, 0.25) is 10.0 Å². The molecule has 3 aromatic rings. The number of fused-ring (bicyclic) bond motifs is 1. The van der Waals surface area contributed by atoms with Gasteiger partial charge in [0.15, 0.2) is 0 Å². The maximum Gasteiger partial charge on any atom is 0.124 e. The van der Waals surface area contributed by atoms with Gasteiger partial charge in [0.2, 0.25) is 0 Å². The Hall–Kier alpha value is -0.970. The molecule has 2 heterocycles. The lowest BCUT2D eigenvalue weighted by Gasteiger charge is -2.16. The fraction of sp³-hybridized carbons (Fsp3) is 0.316. The Kier molecular flexibility index (Phi) is 7.63. The highest BCUT2D eigenvalue weighted by molar-refractivity contribution is 6.34.